The van der Waals surface area contributed by atoms with E-state index in [0.29, 0.717) is 0 Å². The molecule has 0 atom stereocenters. The highest BCUT2D eigenvalue weighted by atomic mass is 32.1. The summed E-state index contributed by atoms with van der Waals surface area (Å²) in [5.41, 5.74) is 14.8. The smallest absolute Gasteiger partial charge is 0.0788 e. The van der Waals surface area contributed by atoms with Crippen LogP contribution in [0.2, 0.25) is 0 Å². The van der Waals surface area contributed by atoms with Gasteiger partial charge in [-0.25, -0.2) is 4.98 Å². The van der Waals surface area contributed by atoms with E-state index in [1.807, 2.05) is 11.3 Å². The van der Waals surface area contributed by atoms with Crippen molar-refractivity contribution in [1.82, 2.24) is 4.98 Å². The molecular formula is C57H38N2S. The van der Waals surface area contributed by atoms with Gasteiger partial charge < -0.3 is 4.90 Å². The Morgan fingerprint density at radius 1 is 0.450 bits per heavy atom. The molecule has 0 fully saturated rings. The van der Waals surface area contributed by atoms with E-state index in [1.165, 1.54) is 75.3 Å². The molecule has 2 heterocycles. The summed E-state index contributed by atoms with van der Waals surface area (Å²) >= 11 is 1.88. The van der Waals surface area contributed by atoms with Gasteiger partial charge in [-0.15, -0.1) is 11.3 Å². The summed E-state index contributed by atoms with van der Waals surface area (Å²) in [7, 11) is 0. The third-order valence-electron chi connectivity index (χ3n) is 12.6. The summed E-state index contributed by atoms with van der Waals surface area (Å²) in [5.74, 6) is 0. The van der Waals surface area contributed by atoms with Crippen LogP contribution in [0.15, 0.2) is 212 Å². The van der Waals surface area contributed by atoms with Crippen molar-refractivity contribution in [3.8, 4) is 22.4 Å². The molecule has 11 aromatic rings. The van der Waals surface area contributed by atoms with E-state index in [4.69, 9.17) is 4.98 Å². The number of pyridine rings is 1. The van der Waals surface area contributed by atoms with E-state index < -0.39 is 5.41 Å². The lowest BCUT2D eigenvalue weighted by Crippen LogP contribution is -2.28. The van der Waals surface area contributed by atoms with Gasteiger partial charge in [0, 0.05) is 59.0 Å². The first-order valence-corrected chi connectivity index (χ1v) is 21.4. The van der Waals surface area contributed by atoms with Crippen molar-refractivity contribution in [3.05, 3.63) is 240 Å². The number of rotatable bonds is 6. The molecular weight excluding hydrogens is 745 g/mol. The molecule has 1 aliphatic carbocycles. The molecule has 0 spiro atoms. The first kappa shape index (κ1) is 34.7. The zero-order valence-electron chi connectivity index (χ0n) is 33.0. The Hall–Kier alpha value is -7.33. The van der Waals surface area contributed by atoms with Crippen LogP contribution in [0.4, 0.5) is 17.1 Å². The van der Waals surface area contributed by atoms with Crippen LogP contribution in [-0.2, 0) is 5.41 Å². The van der Waals surface area contributed by atoms with Crippen molar-refractivity contribution < 1.29 is 0 Å². The Morgan fingerprint density at radius 3 is 1.78 bits per heavy atom. The molecule has 1 aliphatic rings. The van der Waals surface area contributed by atoms with E-state index in [1.54, 1.807) is 0 Å². The second-order valence-corrected chi connectivity index (χ2v) is 17.0. The molecule has 2 nitrogen and oxygen atoms in total. The van der Waals surface area contributed by atoms with Gasteiger partial charge in [0.2, 0.25) is 0 Å². The fraction of sp³-hybridized carbons (Fsp3) is 0.0351. The van der Waals surface area contributed by atoms with Crippen LogP contribution in [-0.4, -0.2) is 4.98 Å². The summed E-state index contributed by atoms with van der Waals surface area (Å²) in [6.45, 7) is 2.15. The fourth-order valence-electron chi connectivity index (χ4n) is 9.92. The lowest BCUT2D eigenvalue weighted by molar-refractivity contribution is 0.768. The number of anilines is 3. The normalized spacial score (nSPS) is 12.9. The fourth-order valence-corrected chi connectivity index (χ4v) is 11.2. The lowest BCUT2D eigenvalue weighted by atomic mass is 9.67. The first-order chi connectivity index (χ1) is 29.7. The van der Waals surface area contributed by atoms with Gasteiger partial charge in [-0.3, -0.25) is 0 Å². The Bertz CT molecular complexity index is 3380. The zero-order valence-corrected chi connectivity index (χ0v) is 33.8. The number of nitrogens with zero attached hydrogens (tertiary/aromatic N) is 2. The summed E-state index contributed by atoms with van der Waals surface area (Å²) in [5, 5.41) is 6.25. The predicted octanol–water partition coefficient (Wildman–Crippen LogP) is 15.6. The van der Waals surface area contributed by atoms with Gasteiger partial charge in [-0.05, 0) is 88.8 Å². The monoisotopic (exact) mass is 782 g/mol. The average molecular weight is 783 g/mol. The predicted molar refractivity (Wildman–Crippen MR) is 254 cm³/mol. The minimum Gasteiger partial charge on any atom is -0.310 e. The van der Waals surface area contributed by atoms with Crippen molar-refractivity contribution in [2.24, 2.45) is 0 Å². The van der Waals surface area contributed by atoms with Gasteiger partial charge in [0.25, 0.3) is 0 Å². The van der Waals surface area contributed by atoms with Crippen LogP contribution in [0.1, 0.15) is 27.8 Å². The third kappa shape index (κ3) is 5.16. The molecule has 12 rings (SSSR count). The van der Waals surface area contributed by atoms with E-state index in [2.05, 4.69) is 224 Å². The van der Waals surface area contributed by atoms with Gasteiger partial charge >= 0.3 is 0 Å². The summed E-state index contributed by atoms with van der Waals surface area (Å²) in [4.78, 5) is 7.76. The van der Waals surface area contributed by atoms with E-state index in [0.717, 1.165) is 33.8 Å². The molecule has 0 N–H and O–H groups in total. The number of thiophene rings is 1. The third-order valence-corrected chi connectivity index (χ3v) is 13.8. The minimum absolute atomic E-state index is 0.490. The molecule has 3 heteroatoms. The first-order valence-electron chi connectivity index (χ1n) is 20.6. The van der Waals surface area contributed by atoms with Crippen LogP contribution >= 0.6 is 11.3 Å². The second-order valence-electron chi connectivity index (χ2n) is 15.9. The number of hydrogen-bond acceptors (Lipinski definition) is 3. The van der Waals surface area contributed by atoms with Crippen LogP contribution < -0.4 is 4.90 Å². The Balaban J connectivity index is 1.05. The summed E-state index contributed by atoms with van der Waals surface area (Å²) in [6.07, 6.45) is 0. The van der Waals surface area contributed by atoms with Crippen LogP contribution in [0.25, 0.3) is 64.2 Å². The van der Waals surface area contributed by atoms with Gasteiger partial charge in [0.1, 0.15) is 0 Å². The SMILES string of the molecule is Cc1ccc(N(c2ccc(-c3nc4ccccc4c4c3ccc3c5ccccc5sc34)cc2)c2ccc3c(c2)C(c2ccccc2)(c2ccccc2)c2ccccc2-3)cc1. The minimum atomic E-state index is -0.490. The molecule has 0 saturated carbocycles. The lowest BCUT2D eigenvalue weighted by Gasteiger charge is -2.35. The van der Waals surface area contributed by atoms with Crippen molar-refractivity contribution in [2.45, 2.75) is 12.3 Å². The number of aromatic nitrogens is 1. The van der Waals surface area contributed by atoms with Crippen molar-refractivity contribution in [3.63, 3.8) is 0 Å². The molecule has 9 aromatic carbocycles. The second kappa shape index (κ2) is 13.6. The highest BCUT2D eigenvalue weighted by Crippen LogP contribution is 2.57. The summed E-state index contributed by atoms with van der Waals surface area (Å²) < 4.78 is 2.62. The van der Waals surface area contributed by atoms with Crippen molar-refractivity contribution >= 4 is 70.2 Å². The molecule has 0 saturated heterocycles. The molecule has 0 bridgehead atoms. The van der Waals surface area contributed by atoms with E-state index in [9.17, 15) is 0 Å². The Morgan fingerprint density at radius 2 is 1.03 bits per heavy atom. The molecule has 0 unspecified atom stereocenters. The van der Waals surface area contributed by atoms with Gasteiger partial charge in [-0.1, -0.05) is 169 Å². The van der Waals surface area contributed by atoms with Crippen LogP contribution in [0.5, 0.6) is 0 Å². The highest BCUT2D eigenvalue weighted by Gasteiger charge is 2.46. The molecule has 0 aliphatic heterocycles. The average Bonchev–Trinajstić information content (AvgIpc) is 3.84. The Labute approximate surface area is 353 Å². The summed E-state index contributed by atoms with van der Waals surface area (Å²) in [6, 6.07) is 78.0. The van der Waals surface area contributed by atoms with E-state index in [-0.39, 0.29) is 0 Å². The van der Waals surface area contributed by atoms with E-state index >= 15 is 0 Å². The van der Waals surface area contributed by atoms with Crippen molar-refractivity contribution in [2.75, 3.05) is 4.90 Å². The maximum absolute atomic E-state index is 5.36. The standard InChI is InChI=1S/C57H38N2S/c1-37-24-28-41(29-25-37)59(43-32-33-45-44-18-8-11-21-50(44)57(51(45)36-43,39-14-4-2-5-15-39)40-16-6-3-7-17-40)42-30-26-38(27-31-42)55-49-35-34-47-46-19-10-13-23-53(46)60-56(47)54(49)48-20-9-12-22-52(48)58-55/h2-36H,1H3. The molecule has 282 valence electrons. The van der Waals surface area contributed by atoms with Crippen LogP contribution in [0.3, 0.4) is 0 Å². The number of aryl methyl sites for hydroxylation is 1. The number of benzene rings is 9. The molecule has 60 heavy (non-hydrogen) atoms. The molecule has 0 radical (unpaired) electrons. The highest BCUT2D eigenvalue weighted by molar-refractivity contribution is 7.26. The topological polar surface area (TPSA) is 16.1 Å². The largest absolute Gasteiger partial charge is 0.310 e. The number of fused-ring (bicyclic) bond motifs is 10. The zero-order chi connectivity index (χ0) is 39.8. The van der Waals surface area contributed by atoms with Crippen molar-refractivity contribution in [1.29, 1.82) is 0 Å². The number of hydrogen-bond donors (Lipinski definition) is 0. The molecule has 2 aromatic heterocycles. The quantitative estimate of drug-likeness (QED) is 0.156. The Kier molecular flexibility index (Phi) is 7.88. The number of para-hydroxylation sites is 1. The van der Waals surface area contributed by atoms with Crippen LogP contribution in [0, 0.1) is 6.92 Å². The van der Waals surface area contributed by atoms with Gasteiger partial charge in [0.05, 0.1) is 16.6 Å². The van der Waals surface area contributed by atoms with Gasteiger partial charge in [-0.2, -0.15) is 0 Å². The maximum atomic E-state index is 5.36. The van der Waals surface area contributed by atoms with Gasteiger partial charge in [0.15, 0.2) is 0 Å². The molecule has 0 amide bonds. The maximum Gasteiger partial charge on any atom is 0.0788 e.